The number of hydrogen-bond donors (Lipinski definition) is 2. The van der Waals surface area contributed by atoms with Crippen LogP contribution in [0.2, 0.25) is 0 Å². The maximum Gasteiger partial charge on any atom is 0.414 e. The monoisotopic (exact) mass is 415 g/mol. The first-order valence-corrected chi connectivity index (χ1v) is 8.93. The first-order chi connectivity index (χ1) is 13.9. The van der Waals surface area contributed by atoms with Gasteiger partial charge in [0, 0.05) is 24.2 Å². The van der Waals surface area contributed by atoms with E-state index in [1.165, 1.54) is 22.4 Å². The lowest BCUT2D eigenvalue weighted by Crippen LogP contribution is -2.33. The number of cyclic esters (lactones) is 1. The summed E-state index contributed by atoms with van der Waals surface area (Å²) in [6, 6.07) is 7.85. The molecule has 1 fully saturated rings. The summed E-state index contributed by atoms with van der Waals surface area (Å²) >= 11 is 0. The molecule has 10 heteroatoms. The van der Waals surface area contributed by atoms with E-state index < -0.39 is 18.0 Å². The van der Waals surface area contributed by atoms with Crippen molar-refractivity contribution >= 4 is 23.3 Å². The average Bonchev–Trinajstić information content (AvgIpc) is 3.28. The Morgan fingerprint density at radius 1 is 1.37 bits per heavy atom. The molecule has 3 heterocycles. The Bertz CT molecular complexity index is 1100. The summed E-state index contributed by atoms with van der Waals surface area (Å²) < 4.78 is 21.5. The molecule has 0 spiro atoms. The Hall–Kier alpha value is -3.53. The standard InChI is InChI=1S/C19H18FN5O4.CH4/c1-11(27)21-7-14-9-24(19(28)29-14)13-3-4-15(16(20)6-13)12-2-5-18-22-17(10-26)23-25(18)8-12;/h2-6,8,14,26H,7,9-10H2,1H3,(H,21,27);1H4/t14-;/m0./s1. The van der Waals surface area contributed by atoms with Crippen LogP contribution in [0.3, 0.4) is 0 Å². The molecular formula is C20H22FN5O4. The summed E-state index contributed by atoms with van der Waals surface area (Å²) in [5, 5.41) is 15.8. The fourth-order valence-electron chi connectivity index (χ4n) is 3.16. The highest BCUT2D eigenvalue weighted by atomic mass is 19.1. The number of amides is 2. The lowest BCUT2D eigenvalue weighted by atomic mass is 10.1. The third-order valence-electron chi connectivity index (χ3n) is 4.54. The molecule has 0 radical (unpaired) electrons. The van der Waals surface area contributed by atoms with Crippen LogP contribution in [0.1, 0.15) is 20.2 Å². The molecule has 4 rings (SSSR count). The molecule has 158 valence electrons. The lowest BCUT2D eigenvalue weighted by Gasteiger charge is -2.14. The molecule has 9 nitrogen and oxygen atoms in total. The number of halogens is 1. The van der Waals surface area contributed by atoms with Crippen LogP contribution in [0, 0.1) is 5.82 Å². The number of benzene rings is 1. The van der Waals surface area contributed by atoms with Gasteiger partial charge in [-0.1, -0.05) is 7.43 Å². The summed E-state index contributed by atoms with van der Waals surface area (Å²) in [5.41, 5.74) is 1.81. The summed E-state index contributed by atoms with van der Waals surface area (Å²) in [7, 11) is 0. The van der Waals surface area contributed by atoms with E-state index in [1.807, 2.05) is 0 Å². The largest absolute Gasteiger partial charge is 0.442 e. The number of anilines is 1. The van der Waals surface area contributed by atoms with E-state index in [2.05, 4.69) is 15.4 Å². The molecule has 0 aliphatic carbocycles. The highest BCUT2D eigenvalue weighted by Gasteiger charge is 2.32. The van der Waals surface area contributed by atoms with Crippen molar-refractivity contribution in [2.75, 3.05) is 18.0 Å². The Morgan fingerprint density at radius 2 is 2.17 bits per heavy atom. The second-order valence-electron chi connectivity index (χ2n) is 6.62. The number of nitrogens with one attached hydrogen (secondary N) is 1. The fourth-order valence-corrected chi connectivity index (χ4v) is 3.16. The second-order valence-corrected chi connectivity index (χ2v) is 6.62. The quantitative estimate of drug-likeness (QED) is 0.661. The number of fused-ring (bicyclic) bond motifs is 1. The van der Waals surface area contributed by atoms with Crippen LogP contribution in [0.4, 0.5) is 14.9 Å². The van der Waals surface area contributed by atoms with Crippen molar-refractivity contribution in [1.29, 1.82) is 0 Å². The van der Waals surface area contributed by atoms with Crippen molar-refractivity contribution in [1.82, 2.24) is 19.9 Å². The van der Waals surface area contributed by atoms with E-state index in [1.54, 1.807) is 30.5 Å². The van der Waals surface area contributed by atoms with Crippen molar-refractivity contribution in [3.63, 3.8) is 0 Å². The molecule has 2 aromatic heterocycles. The van der Waals surface area contributed by atoms with Crippen LogP contribution in [0.15, 0.2) is 36.5 Å². The number of nitrogens with zero attached hydrogens (tertiary/aromatic N) is 4. The van der Waals surface area contributed by atoms with Crippen molar-refractivity contribution in [3.8, 4) is 11.1 Å². The molecule has 1 saturated heterocycles. The number of aromatic nitrogens is 3. The first kappa shape index (κ1) is 21.2. The molecule has 2 N–H and O–H groups in total. The van der Waals surface area contributed by atoms with Crippen molar-refractivity contribution in [2.24, 2.45) is 0 Å². The van der Waals surface area contributed by atoms with Crippen molar-refractivity contribution in [2.45, 2.75) is 27.1 Å². The molecule has 2 amide bonds. The Balaban J connectivity index is 0.00000256. The van der Waals surface area contributed by atoms with Gasteiger partial charge in [-0.2, -0.15) is 0 Å². The van der Waals surface area contributed by atoms with Gasteiger partial charge in [-0.15, -0.1) is 5.10 Å². The number of carbonyl (C=O) groups excluding carboxylic acids is 2. The van der Waals surface area contributed by atoms with Crippen LogP contribution >= 0.6 is 0 Å². The van der Waals surface area contributed by atoms with E-state index in [9.17, 15) is 14.0 Å². The van der Waals surface area contributed by atoms with Gasteiger partial charge in [-0.05, 0) is 30.3 Å². The first-order valence-electron chi connectivity index (χ1n) is 8.93. The van der Waals surface area contributed by atoms with Crippen molar-refractivity contribution < 1.29 is 23.8 Å². The van der Waals surface area contributed by atoms with Crippen LogP contribution in [-0.2, 0) is 16.1 Å². The molecule has 1 aliphatic heterocycles. The predicted octanol–water partition coefficient (Wildman–Crippen LogP) is 2.13. The van der Waals surface area contributed by atoms with Crippen LogP contribution in [-0.4, -0.2) is 50.9 Å². The number of aliphatic hydroxyl groups excluding tert-OH is 1. The Labute approximate surface area is 172 Å². The van der Waals surface area contributed by atoms with Gasteiger partial charge in [0.15, 0.2) is 11.5 Å². The van der Waals surface area contributed by atoms with Gasteiger partial charge in [0.25, 0.3) is 0 Å². The van der Waals surface area contributed by atoms with Gasteiger partial charge in [-0.3, -0.25) is 9.69 Å². The van der Waals surface area contributed by atoms with Gasteiger partial charge >= 0.3 is 6.09 Å². The maximum absolute atomic E-state index is 14.8. The zero-order chi connectivity index (χ0) is 20.5. The number of carbonyl (C=O) groups is 2. The fraction of sp³-hybridized carbons (Fsp3) is 0.300. The summed E-state index contributed by atoms with van der Waals surface area (Å²) in [6.07, 6.45) is 0.533. The average molecular weight is 415 g/mol. The van der Waals surface area contributed by atoms with Gasteiger partial charge in [0.05, 0.1) is 18.8 Å². The van der Waals surface area contributed by atoms with E-state index in [4.69, 9.17) is 9.84 Å². The minimum atomic E-state index is -0.590. The smallest absolute Gasteiger partial charge is 0.414 e. The van der Waals surface area contributed by atoms with Crippen LogP contribution in [0.5, 0.6) is 0 Å². The molecule has 1 atom stereocenters. The predicted molar refractivity (Wildman–Crippen MR) is 107 cm³/mol. The molecule has 3 aromatic rings. The van der Waals surface area contributed by atoms with Gasteiger partial charge in [0.2, 0.25) is 5.91 Å². The van der Waals surface area contributed by atoms with E-state index in [0.717, 1.165) is 0 Å². The second kappa shape index (κ2) is 8.46. The number of ether oxygens (including phenoxy) is 1. The Kier molecular flexibility index (Phi) is 5.97. The molecule has 0 saturated carbocycles. The summed E-state index contributed by atoms with van der Waals surface area (Å²) in [4.78, 5) is 28.6. The summed E-state index contributed by atoms with van der Waals surface area (Å²) in [5.74, 6) is -0.452. The highest BCUT2D eigenvalue weighted by Crippen LogP contribution is 2.29. The Morgan fingerprint density at radius 3 is 2.87 bits per heavy atom. The minimum absolute atomic E-state index is 0. The molecule has 0 bridgehead atoms. The number of aliphatic hydroxyl groups is 1. The zero-order valence-corrected chi connectivity index (χ0v) is 15.5. The molecule has 1 aromatic carbocycles. The SMILES string of the molecule is C.CC(=O)NC[C@H]1CN(c2ccc(-c3ccc4nc(CO)nn4c3)c(F)c2)C(=O)O1. The van der Waals surface area contributed by atoms with Gasteiger partial charge in [0.1, 0.15) is 18.5 Å². The summed E-state index contributed by atoms with van der Waals surface area (Å²) in [6.45, 7) is 1.51. The zero-order valence-electron chi connectivity index (χ0n) is 15.5. The third kappa shape index (κ3) is 4.08. The normalized spacial score (nSPS) is 15.8. The molecule has 0 unspecified atom stereocenters. The highest BCUT2D eigenvalue weighted by molar-refractivity contribution is 5.90. The van der Waals surface area contributed by atoms with E-state index >= 15 is 0 Å². The molecule has 30 heavy (non-hydrogen) atoms. The lowest BCUT2D eigenvalue weighted by molar-refractivity contribution is -0.119. The maximum atomic E-state index is 14.8. The van der Waals surface area contributed by atoms with Gasteiger partial charge < -0.3 is 15.2 Å². The third-order valence-corrected chi connectivity index (χ3v) is 4.54. The van der Waals surface area contributed by atoms with E-state index in [-0.39, 0.29) is 38.9 Å². The molecular weight excluding hydrogens is 393 g/mol. The molecule has 1 aliphatic rings. The van der Waals surface area contributed by atoms with Crippen LogP contribution in [0.25, 0.3) is 16.8 Å². The van der Waals surface area contributed by atoms with Crippen LogP contribution < -0.4 is 10.2 Å². The van der Waals surface area contributed by atoms with Crippen molar-refractivity contribution in [3.05, 3.63) is 48.2 Å². The van der Waals surface area contributed by atoms with Gasteiger partial charge in [-0.25, -0.2) is 18.7 Å². The topological polar surface area (TPSA) is 109 Å². The minimum Gasteiger partial charge on any atom is -0.442 e. The number of pyridine rings is 1. The van der Waals surface area contributed by atoms with E-state index in [0.29, 0.717) is 22.5 Å². The number of hydrogen-bond acceptors (Lipinski definition) is 6. The number of rotatable bonds is 5.